The molecule has 0 spiro atoms. The second-order valence-corrected chi connectivity index (χ2v) is 5.43. The minimum Gasteiger partial charge on any atom is -0.481 e. The van der Waals surface area contributed by atoms with Gasteiger partial charge in [0.2, 0.25) is 0 Å². The molecule has 1 aliphatic carbocycles. The summed E-state index contributed by atoms with van der Waals surface area (Å²) in [5.74, 6) is -1.49. The summed E-state index contributed by atoms with van der Waals surface area (Å²) >= 11 is 1.32. The molecule has 2 atom stereocenters. The van der Waals surface area contributed by atoms with Crippen LogP contribution in [0, 0.1) is 12.8 Å². The molecule has 92 valence electrons. The first-order valence-corrected chi connectivity index (χ1v) is 6.35. The van der Waals surface area contributed by atoms with E-state index < -0.39 is 11.9 Å². The largest absolute Gasteiger partial charge is 0.481 e. The van der Waals surface area contributed by atoms with Gasteiger partial charge in [-0.1, -0.05) is 6.42 Å². The first-order valence-electron chi connectivity index (χ1n) is 5.54. The number of hydrogen-bond donors (Lipinski definition) is 2. The van der Waals surface area contributed by atoms with Crippen LogP contribution < -0.4 is 5.32 Å². The Labute approximate surface area is 103 Å². The average molecular weight is 254 g/mol. The molecule has 1 aliphatic rings. The van der Waals surface area contributed by atoms with E-state index in [1.54, 1.807) is 0 Å². The Hall–Kier alpha value is -1.43. The van der Waals surface area contributed by atoms with Gasteiger partial charge in [-0.25, -0.2) is 4.98 Å². The first kappa shape index (κ1) is 12.0. The maximum atomic E-state index is 11.8. The zero-order valence-electron chi connectivity index (χ0n) is 9.47. The van der Waals surface area contributed by atoms with Crippen molar-refractivity contribution in [1.29, 1.82) is 0 Å². The van der Waals surface area contributed by atoms with Gasteiger partial charge in [-0.15, -0.1) is 11.3 Å². The van der Waals surface area contributed by atoms with Crippen molar-refractivity contribution in [3.63, 3.8) is 0 Å². The lowest BCUT2D eigenvalue weighted by Gasteiger charge is -2.16. The maximum Gasteiger partial charge on any atom is 0.308 e. The molecule has 1 aromatic rings. The molecular weight excluding hydrogens is 240 g/mol. The maximum absolute atomic E-state index is 11.8. The third kappa shape index (κ3) is 2.63. The second-order valence-electron chi connectivity index (χ2n) is 4.20. The van der Waals surface area contributed by atoms with Crippen molar-refractivity contribution >= 4 is 23.2 Å². The molecule has 2 rings (SSSR count). The monoisotopic (exact) mass is 254 g/mol. The predicted octanol–water partition coefficient (Wildman–Crippen LogP) is 1.43. The molecule has 5 nitrogen and oxygen atoms in total. The van der Waals surface area contributed by atoms with Crippen LogP contribution in [-0.4, -0.2) is 28.0 Å². The predicted molar refractivity (Wildman–Crippen MR) is 63.1 cm³/mol. The molecule has 0 radical (unpaired) electrons. The minimum atomic E-state index is -0.826. The highest BCUT2D eigenvalue weighted by atomic mass is 32.1. The molecule has 1 aromatic heterocycles. The van der Waals surface area contributed by atoms with Crippen LogP contribution in [0.3, 0.4) is 0 Å². The number of thiazole rings is 1. The lowest BCUT2D eigenvalue weighted by atomic mass is 10.0. The number of nitrogens with zero attached hydrogens (tertiary/aromatic N) is 1. The van der Waals surface area contributed by atoms with Crippen molar-refractivity contribution in [3.05, 3.63) is 16.1 Å². The Morgan fingerprint density at radius 3 is 2.88 bits per heavy atom. The third-order valence-corrected chi connectivity index (χ3v) is 3.91. The van der Waals surface area contributed by atoms with Crippen LogP contribution in [0.1, 0.15) is 33.9 Å². The average Bonchev–Trinajstić information content (AvgIpc) is 2.86. The van der Waals surface area contributed by atoms with Gasteiger partial charge >= 0.3 is 5.97 Å². The lowest BCUT2D eigenvalue weighted by Crippen LogP contribution is -2.39. The highest BCUT2D eigenvalue weighted by molar-refractivity contribution is 7.13. The number of aryl methyl sites for hydroxylation is 1. The molecule has 0 saturated heterocycles. The number of aliphatic carboxylic acids is 1. The van der Waals surface area contributed by atoms with Crippen molar-refractivity contribution in [3.8, 4) is 0 Å². The van der Waals surface area contributed by atoms with E-state index in [1.807, 2.05) is 6.92 Å². The fourth-order valence-corrected chi connectivity index (χ4v) is 2.81. The Bertz CT molecular complexity index is 444. The normalized spacial score (nSPS) is 23.6. The summed E-state index contributed by atoms with van der Waals surface area (Å²) in [6.07, 6.45) is 3.76. The number of nitrogens with one attached hydrogen (secondary N) is 1. The van der Waals surface area contributed by atoms with Crippen LogP contribution in [-0.2, 0) is 4.79 Å². The highest BCUT2D eigenvalue weighted by Crippen LogP contribution is 2.26. The van der Waals surface area contributed by atoms with Gasteiger partial charge < -0.3 is 10.4 Å². The molecule has 0 aromatic carbocycles. The van der Waals surface area contributed by atoms with Crippen LogP contribution in [0.25, 0.3) is 0 Å². The molecule has 0 aliphatic heterocycles. The topological polar surface area (TPSA) is 79.3 Å². The molecule has 1 fully saturated rings. The van der Waals surface area contributed by atoms with Crippen molar-refractivity contribution in [1.82, 2.24) is 10.3 Å². The van der Waals surface area contributed by atoms with E-state index in [0.717, 1.165) is 17.8 Å². The van der Waals surface area contributed by atoms with Crippen molar-refractivity contribution in [2.24, 2.45) is 5.92 Å². The van der Waals surface area contributed by atoms with Gasteiger partial charge in [0.1, 0.15) is 4.88 Å². The number of aromatic nitrogens is 1. The minimum absolute atomic E-state index is 0.214. The molecule has 1 saturated carbocycles. The summed E-state index contributed by atoms with van der Waals surface area (Å²) in [4.78, 5) is 27.4. The number of carbonyl (C=O) groups excluding carboxylic acids is 1. The van der Waals surface area contributed by atoms with E-state index in [2.05, 4.69) is 10.3 Å². The van der Waals surface area contributed by atoms with Crippen LogP contribution in [0.4, 0.5) is 0 Å². The standard InChI is InChI=1S/C11H14N2O3S/c1-6-12-5-9(17-6)10(14)13-8-4-2-3-7(8)11(15)16/h5,7-8H,2-4H2,1H3,(H,13,14)(H,15,16)/t7-,8+/m0/s1. The third-order valence-electron chi connectivity index (χ3n) is 2.99. The van der Waals surface area contributed by atoms with Crippen molar-refractivity contribution in [2.45, 2.75) is 32.2 Å². The van der Waals surface area contributed by atoms with Gasteiger partial charge in [-0.05, 0) is 19.8 Å². The fourth-order valence-electron chi connectivity index (χ4n) is 2.13. The summed E-state index contributed by atoms with van der Waals surface area (Å²) in [5.41, 5.74) is 0. The summed E-state index contributed by atoms with van der Waals surface area (Å²) in [6.45, 7) is 1.83. The number of carbonyl (C=O) groups is 2. The van der Waals surface area contributed by atoms with E-state index in [-0.39, 0.29) is 11.9 Å². The van der Waals surface area contributed by atoms with Crippen molar-refractivity contribution < 1.29 is 14.7 Å². The zero-order chi connectivity index (χ0) is 12.4. The Morgan fingerprint density at radius 1 is 1.53 bits per heavy atom. The van der Waals surface area contributed by atoms with Gasteiger partial charge in [0.25, 0.3) is 5.91 Å². The van der Waals surface area contributed by atoms with Crippen LogP contribution in [0.2, 0.25) is 0 Å². The molecule has 2 N–H and O–H groups in total. The van der Waals surface area contributed by atoms with Crippen molar-refractivity contribution in [2.75, 3.05) is 0 Å². The molecule has 1 heterocycles. The molecule has 1 amide bonds. The van der Waals surface area contributed by atoms with Crippen LogP contribution in [0.15, 0.2) is 6.20 Å². The highest BCUT2D eigenvalue weighted by Gasteiger charge is 2.34. The van der Waals surface area contributed by atoms with E-state index in [0.29, 0.717) is 11.3 Å². The fraction of sp³-hybridized carbons (Fsp3) is 0.545. The van der Waals surface area contributed by atoms with Gasteiger partial charge in [0.15, 0.2) is 0 Å². The number of carboxylic acids is 1. The lowest BCUT2D eigenvalue weighted by molar-refractivity contribution is -0.142. The Balaban J connectivity index is 2.01. The van der Waals surface area contributed by atoms with Gasteiger partial charge in [-0.2, -0.15) is 0 Å². The summed E-state index contributed by atoms with van der Waals surface area (Å²) in [6, 6.07) is -0.248. The van der Waals surface area contributed by atoms with Gasteiger partial charge in [0, 0.05) is 6.04 Å². The number of rotatable bonds is 3. The first-order chi connectivity index (χ1) is 8.08. The molecular formula is C11H14N2O3S. The molecule has 0 bridgehead atoms. The number of carboxylic acid groups (broad SMARTS) is 1. The SMILES string of the molecule is Cc1ncc(C(=O)N[C@@H]2CCC[C@@H]2C(=O)O)s1. The van der Waals surface area contributed by atoms with E-state index in [9.17, 15) is 9.59 Å². The van der Waals surface area contributed by atoms with E-state index in [1.165, 1.54) is 17.5 Å². The number of amides is 1. The Morgan fingerprint density at radius 2 is 2.29 bits per heavy atom. The summed E-state index contributed by atoms with van der Waals surface area (Å²) in [5, 5.41) is 12.6. The Kier molecular flexibility index (Phi) is 3.42. The van der Waals surface area contributed by atoms with Gasteiger partial charge in [-0.3, -0.25) is 9.59 Å². The van der Waals surface area contributed by atoms with Crippen LogP contribution >= 0.6 is 11.3 Å². The smallest absolute Gasteiger partial charge is 0.308 e. The van der Waals surface area contributed by atoms with Gasteiger partial charge in [0.05, 0.1) is 17.1 Å². The van der Waals surface area contributed by atoms with E-state index in [4.69, 9.17) is 5.11 Å². The van der Waals surface area contributed by atoms with Crippen LogP contribution in [0.5, 0.6) is 0 Å². The summed E-state index contributed by atoms with van der Waals surface area (Å²) < 4.78 is 0. The second kappa shape index (κ2) is 4.83. The molecule has 6 heteroatoms. The molecule has 17 heavy (non-hydrogen) atoms. The quantitative estimate of drug-likeness (QED) is 0.855. The summed E-state index contributed by atoms with van der Waals surface area (Å²) in [7, 11) is 0. The molecule has 0 unspecified atom stereocenters. The zero-order valence-corrected chi connectivity index (χ0v) is 10.3. The van der Waals surface area contributed by atoms with E-state index >= 15 is 0 Å². The number of hydrogen-bond acceptors (Lipinski definition) is 4.